The van der Waals surface area contributed by atoms with Crippen molar-refractivity contribution in [2.24, 2.45) is 0 Å². The molecule has 0 radical (unpaired) electrons. The lowest BCUT2D eigenvalue weighted by Gasteiger charge is -2.25. The van der Waals surface area contributed by atoms with Crippen molar-refractivity contribution >= 4 is 38.9 Å². The number of halogens is 4. The van der Waals surface area contributed by atoms with Crippen LogP contribution in [0.4, 0.5) is 13.2 Å². The van der Waals surface area contributed by atoms with Gasteiger partial charge in [-0.05, 0) is 76.7 Å². The Morgan fingerprint density at radius 1 is 1.08 bits per heavy atom. The topological polar surface area (TPSA) is 66.5 Å². The molecule has 0 fully saturated rings. The van der Waals surface area contributed by atoms with E-state index in [1.165, 1.54) is 40.5 Å². The van der Waals surface area contributed by atoms with Crippen LogP contribution in [0.1, 0.15) is 35.6 Å². The number of thiophene rings is 1. The monoisotopic (exact) mass is 558 g/mol. The molecule has 0 aliphatic heterocycles. The van der Waals surface area contributed by atoms with Crippen LogP contribution in [0.5, 0.6) is 0 Å². The molecular weight excluding hydrogens is 533 g/mol. The second-order valence-electron chi connectivity index (χ2n) is 8.21. The summed E-state index contributed by atoms with van der Waals surface area (Å²) in [4.78, 5) is 14.6. The Kier molecular flexibility index (Phi) is 9.57. The molecule has 2 aromatic carbocycles. The molecule has 11 heteroatoms. The number of sulfonamides is 1. The summed E-state index contributed by atoms with van der Waals surface area (Å²) in [7, 11) is -3.61. The predicted molar refractivity (Wildman–Crippen MR) is 136 cm³/mol. The minimum absolute atomic E-state index is 0.0612. The van der Waals surface area contributed by atoms with E-state index in [1.807, 2.05) is 17.7 Å². The number of hydrogen-bond donors (Lipinski definition) is 1. The molecule has 0 aliphatic carbocycles. The van der Waals surface area contributed by atoms with E-state index in [2.05, 4.69) is 4.72 Å². The standard InChI is InChI=1S/C25H26ClF3N2O3S2/c1-2-11-30-36(33,34)22-6-3-18(4-7-22)9-12-31(24(32)14-19-10-13-35-17-19)16-20-15-21(26)5-8-23(20)25(27,28)29/h3-8,10,13,15,17,30H,2,9,11-12,14,16H2,1H3. The summed E-state index contributed by atoms with van der Waals surface area (Å²) in [6.07, 6.45) is -3.53. The number of carbonyl (C=O) groups excluding carboxylic acids is 1. The number of rotatable bonds is 11. The number of nitrogens with zero attached hydrogens (tertiary/aromatic N) is 1. The maximum Gasteiger partial charge on any atom is 0.416 e. The first-order valence-electron chi connectivity index (χ1n) is 11.2. The van der Waals surface area contributed by atoms with E-state index < -0.39 is 21.8 Å². The first-order chi connectivity index (χ1) is 17.0. The van der Waals surface area contributed by atoms with Crippen LogP contribution in [0, 0.1) is 0 Å². The largest absolute Gasteiger partial charge is 0.416 e. The summed E-state index contributed by atoms with van der Waals surface area (Å²) < 4.78 is 67.9. The molecule has 0 spiro atoms. The third-order valence-corrected chi connectivity index (χ3v) is 7.91. The fraction of sp³-hybridized carbons (Fsp3) is 0.320. The van der Waals surface area contributed by atoms with E-state index in [4.69, 9.17) is 11.6 Å². The minimum Gasteiger partial charge on any atom is -0.338 e. The lowest BCUT2D eigenvalue weighted by Crippen LogP contribution is -2.34. The quantitative estimate of drug-likeness (QED) is 0.317. The number of hydrogen-bond acceptors (Lipinski definition) is 4. The van der Waals surface area contributed by atoms with Crippen molar-refractivity contribution in [3.05, 3.63) is 86.6 Å². The van der Waals surface area contributed by atoms with Gasteiger partial charge in [0.1, 0.15) is 0 Å². The first-order valence-corrected chi connectivity index (χ1v) is 14.0. The average Bonchev–Trinajstić information content (AvgIpc) is 3.33. The zero-order valence-corrected chi connectivity index (χ0v) is 21.9. The molecular formula is C25H26ClF3N2O3S2. The summed E-state index contributed by atoms with van der Waals surface area (Å²) in [5, 5.41) is 3.80. The Hall–Kier alpha value is -2.40. The van der Waals surface area contributed by atoms with Gasteiger partial charge in [0.25, 0.3) is 0 Å². The second kappa shape index (κ2) is 12.2. The molecule has 1 amide bonds. The molecule has 5 nitrogen and oxygen atoms in total. The van der Waals surface area contributed by atoms with Crippen LogP contribution in [-0.4, -0.2) is 32.3 Å². The minimum atomic E-state index is -4.59. The van der Waals surface area contributed by atoms with Gasteiger partial charge in [-0.1, -0.05) is 30.7 Å². The van der Waals surface area contributed by atoms with E-state index in [9.17, 15) is 26.4 Å². The highest BCUT2D eigenvalue weighted by molar-refractivity contribution is 7.89. The van der Waals surface area contributed by atoms with Crippen LogP contribution in [0.3, 0.4) is 0 Å². The van der Waals surface area contributed by atoms with Gasteiger partial charge in [-0.15, -0.1) is 0 Å². The van der Waals surface area contributed by atoms with Gasteiger partial charge >= 0.3 is 6.18 Å². The van der Waals surface area contributed by atoms with Gasteiger partial charge < -0.3 is 4.90 Å². The smallest absolute Gasteiger partial charge is 0.338 e. The zero-order valence-electron chi connectivity index (χ0n) is 19.5. The van der Waals surface area contributed by atoms with Crippen molar-refractivity contribution in [3.8, 4) is 0 Å². The van der Waals surface area contributed by atoms with E-state index >= 15 is 0 Å². The average molecular weight is 559 g/mol. The molecule has 1 N–H and O–H groups in total. The first kappa shape index (κ1) is 28.2. The molecule has 0 saturated carbocycles. The molecule has 3 aromatic rings. The van der Waals surface area contributed by atoms with Crippen LogP contribution in [0.15, 0.2) is 64.2 Å². The van der Waals surface area contributed by atoms with Crippen molar-refractivity contribution < 1.29 is 26.4 Å². The van der Waals surface area contributed by atoms with E-state index in [1.54, 1.807) is 18.2 Å². The highest BCUT2D eigenvalue weighted by Gasteiger charge is 2.34. The highest BCUT2D eigenvalue weighted by atomic mass is 35.5. The number of amides is 1. The molecule has 0 saturated heterocycles. The van der Waals surface area contributed by atoms with Crippen LogP contribution < -0.4 is 4.72 Å². The van der Waals surface area contributed by atoms with Gasteiger partial charge in [-0.3, -0.25) is 4.79 Å². The van der Waals surface area contributed by atoms with Gasteiger partial charge in [-0.2, -0.15) is 24.5 Å². The Bertz CT molecular complexity index is 1260. The van der Waals surface area contributed by atoms with Crippen molar-refractivity contribution in [2.75, 3.05) is 13.1 Å². The zero-order chi connectivity index (χ0) is 26.3. The second-order valence-corrected chi connectivity index (χ2v) is 11.2. The van der Waals surface area contributed by atoms with E-state index in [0.29, 0.717) is 19.4 Å². The number of carbonyl (C=O) groups is 1. The molecule has 1 aromatic heterocycles. The van der Waals surface area contributed by atoms with Crippen molar-refractivity contribution in [2.45, 2.75) is 43.8 Å². The summed E-state index contributed by atoms with van der Waals surface area (Å²) >= 11 is 7.41. The number of alkyl halides is 3. The van der Waals surface area contributed by atoms with E-state index in [-0.39, 0.29) is 40.9 Å². The molecule has 0 unspecified atom stereocenters. The molecule has 3 rings (SSSR count). The Morgan fingerprint density at radius 3 is 2.42 bits per heavy atom. The Balaban J connectivity index is 1.80. The summed E-state index contributed by atoms with van der Waals surface area (Å²) in [5.74, 6) is -0.315. The normalized spacial score (nSPS) is 12.0. The fourth-order valence-corrected chi connectivity index (χ4v) is 5.56. The summed E-state index contributed by atoms with van der Waals surface area (Å²) in [5.41, 5.74) is 0.609. The fourth-order valence-electron chi connectivity index (χ4n) is 3.57. The van der Waals surface area contributed by atoms with Gasteiger partial charge in [-0.25, -0.2) is 13.1 Å². The van der Waals surface area contributed by atoms with Crippen molar-refractivity contribution in [1.82, 2.24) is 9.62 Å². The molecule has 0 atom stereocenters. The summed E-state index contributed by atoms with van der Waals surface area (Å²) in [6, 6.07) is 11.4. The summed E-state index contributed by atoms with van der Waals surface area (Å²) in [6.45, 7) is 2.07. The molecule has 0 aliphatic rings. The van der Waals surface area contributed by atoms with Crippen molar-refractivity contribution in [3.63, 3.8) is 0 Å². The van der Waals surface area contributed by atoms with Gasteiger partial charge in [0.05, 0.1) is 16.9 Å². The Labute approximate surface area is 218 Å². The van der Waals surface area contributed by atoms with Gasteiger partial charge in [0.2, 0.25) is 15.9 Å². The predicted octanol–water partition coefficient (Wildman–Crippen LogP) is 5.92. The van der Waals surface area contributed by atoms with Gasteiger partial charge in [0, 0.05) is 24.7 Å². The third-order valence-electron chi connectivity index (χ3n) is 5.47. The number of benzene rings is 2. The van der Waals surface area contributed by atoms with Crippen LogP contribution >= 0.6 is 22.9 Å². The van der Waals surface area contributed by atoms with Gasteiger partial charge in [0.15, 0.2) is 0 Å². The highest BCUT2D eigenvalue weighted by Crippen LogP contribution is 2.34. The maximum absolute atomic E-state index is 13.6. The SMILES string of the molecule is CCCNS(=O)(=O)c1ccc(CCN(Cc2cc(Cl)ccc2C(F)(F)F)C(=O)Cc2ccsc2)cc1. The lowest BCUT2D eigenvalue weighted by atomic mass is 10.1. The third kappa shape index (κ3) is 7.80. The van der Waals surface area contributed by atoms with E-state index in [0.717, 1.165) is 17.2 Å². The number of nitrogens with one attached hydrogen (secondary N) is 1. The molecule has 194 valence electrons. The van der Waals surface area contributed by atoms with Crippen LogP contribution in [-0.2, 0) is 40.4 Å². The molecule has 0 bridgehead atoms. The van der Waals surface area contributed by atoms with Crippen LogP contribution in [0.25, 0.3) is 0 Å². The maximum atomic E-state index is 13.6. The van der Waals surface area contributed by atoms with Crippen LogP contribution in [0.2, 0.25) is 5.02 Å². The lowest BCUT2D eigenvalue weighted by molar-refractivity contribution is -0.139. The molecule has 36 heavy (non-hydrogen) atoms. The Morgan fingerprint density at radius 2 is 1.81 bits per heavy atom. The molecule has 1 heterocycles. The van der Waals surface area contributed by atoms with Crippen molar-refractivity contribution in [1.29, 1.82) is 0 Å².